The van der Waals surface area contributed by atoms with Gasteiger partial charge in [-0.05, 0) is 58.9 Å². The van der Waals surface area contributed by atoms with Gasteiger partial charge in [-0.1, -0.05) is 26.7 Å². The maximum absolute atomic E-state index is 3.19. The first-order valence-electron chi connectivity index (χ1n) is 6.50. The molecule has 0 rings (SSSR count). The van der Waals surface area contributed by atoms with Crippen LogP contribution in [0.5, 0.6) is 0 Å². The van der Waals surface area contributed by atoms with Crippen LogP contribution in [0.25, 0.3) is 0 Å². The van der Waals surface area contributed by atoms with Gasteiger partial charge in [0.15, 0.2) is 0 Å². The van der Waals surface area contributed by atoms with Gasteiger partial charge in [0.05, 0.1) is 0 Å². The summed E-state index contributed by atoms with van der Waals surface area (Å²) in [4.78, 5) is 2.47. The number of hydrogen-bond donors (Lipinski definition) is 1. The van der Waals surface area contributed by atoms with Crippen LogP contribution >= 0.6 is 0 Å². The summed E-state index contributed by atoms with van der Waals surface area (Å²) < 4.78 is 0. The highest BCUT2D eigenvalue weighted by Gasteiger charge is 1.99. The van der Waals surface area contributed by atoms with Crippen LogP contribution in [0.4, 0.5) is 0 Å². The molecule has 0 aromatic heterocycles. The SMILES string of the molecule is CNCCCCCCN(C)CCC(C)C. The number of unbranched alkanes of at least 4 members (excludes halogenated alkanes) is 3. The molecule has 0 saturated heterocycles. The van der Waals surface area contributed by atoms with E-state index in [1.54, 1.807) is 0 Å². The lowest BCUT2D eigenvalue weighted by Gasteiger charge is -2.17. The van der Waals surface area contributed by atoms with Crippen molar-refractivity contribution in [2.24, 2.45) is 5.92 Å². The van der Waals surface area contributed by atoms with E-state index in [9.17, 15) is 0 Å². The Hall–Kier alpha value is -0.0800. The molecule has 0 aliphatic rings. The molecule has 0 amide bonds. The van der Waals surface area contributed by atoms with Crippen LogP contribution in [0.2, 0.25) is 0 Å². The lowest BCUT2D eigenvalue weighted by atomic mass is 10.1. The third-order valence-electron chi connectivity index (χ3n) is 2.80. The van der Waals surface area contributed by atoms with Crippen molar-refractivity contribution in [1.82, 2.24) is 10.2 Å². The Morgan fingerprint density at radius 2 is 1.67 bits per heavy atom. The summed E-state index contributed by atoms with van der Waals surface area (Å²) in [5, 5.41) is 3.19. The third kappa shape index (κ3) is 11.8. The van der Waals surface area contributed by atoms with E-state index in [2.05, 4.69) is 31.1 Å². The molecule has 15 heavy (non-hydrogen) atoms. The van der Waals surface area contributed by atoms with Crippen LogP contribution in [-0.2, 0) is 0 Å². The van der Waals surface area contributed by atoms with E-state index in [0.29, 0.717) is 0 Å². The molecular weight excluding hydrogens is 184 g/mol. The predicted octanol–water partition coefficient (Wildman–Crippen LogP) is 2.74. The molecule has 0 bridgehead atoms. The zero-order valence-electron chi connectivity index (χ0n) is 11.2. The molecule has 0 aromatic carbocycles. The van der Waals surface area contributed by atoms with Gasteiger partial charge in [-0.3, -0.25) is 0 Å². The average molecular weight is 214 g/mol. The van der Waals surface area contributed by atoms with Crippen molar-refractivity contribution in [3.05, 3.63) is 0 Å². The van der Waals surface area contributed by atoms with E-state index in [1.807, 2.05) is 7.05 Å². The van der Waals surface area contributed by atoms with Crippen molar-refractivity contribution in [3.63, 3.8) is 0 Å². The van der Waals surface area contributed by atoms with Crippen LogP contribution < -0.4 is 5.32 Å². The van der Waals surface area contributed by atoms with Crippen molar-refractivity contribution in [2.75, 3.05) is 33.7 Å². The van der Waals surface area contributed by atoms with E-state index in [4.69, 9.17) is 0 Å². The van der Waals surface area contributed by atoms with Crippen molar-refractivity contribution < 1.29 is 0 Å². The van der Waals surface area contributed by atoms with Gasteiger partial charge in [0, 0.05) is 0 Å². The van der Waals surface area contributed by atoms with Crippen LogP contribution in [0.1, 0.15) is 46.0 Å². The first kappa shape index (κ1) is 14.9. The third-order valence-corrected chi connectivity index (χ3v) is 2.80. The van der Waals surface area contributed by atoms with Gasteiger partial charge in [-0.15, -0.1) is 0 Å². The summed E-state index contributed by atoms with van der Waals surface area (Å²) in [5.74, 6) is 0.836. The Kier molecular flexibility index (Phi) is 10.4. The Balaban J connectivity index is 3.13. The maximum atomic E-state index is 3.19. The first-order valence-corrected chi connectivity index (χ1v) is 6.50. The Morgan fingerprint density at radius 1 is 1.00 bits per heavy atom. The predicted molar refractivity (Wildman–Crippen MR) is 69.3 cm³/mol. The molecular formula is C13H30N2. The van der Waals surface area contributed by atoms with E-state index < -0.39 is 0 Å². The van der Waals surface area contributed by atoms with E-state index >= 15 is 0 Å². The van der Waals surface area contributed by atoms with E-state index in [0.717, 1.165) is 5.92 Å². The molecule has 1 N–H and O–H groups in total. The standard InChI is InChI=1S/C13H30N2/c1-13(2)9-12-15(4)11-8-6-5-7-10-14-3/h13-14H,5-12H2,1-4H3. The molecule has 2 heteroatoms. The number of rotatable bonds is 10. The van der Waals surface area contributed by atoms with Crippen molar-refractivity contribution in [2.45, 2.75) is 46.0 Å². The molecule has 0 radical (unpaired) electrons. The largest absolute Gasteiger partial charge is 0.320 e. The second kappa shape index (κ2) is 10.4. The van der Waals surface area contributed by atoms with Gasteiger partial charge in [0.25, 0.3) is 0 Å². The molecule has 2 nitrogen and oxygen atoms in total. The average Bonchev–Trinajstić information content (AvgIpc) is 2.20. The molecule has 0 unspecified atom stereocenters. The van der Waals surface area contributed by atoms with Crippen LogP contribution in [0.3, 0.4) is 0 Å². The fourth-order valence-corrected chi connectivity index (χ4v) is 1.63. The summed E-state index contributed by atoms with van der Waals surface area (Å²) in [6.07, 6.45) is 6.77. The molecule has 0 aromatic rings. The normalized spacial score (nSPS) is 11.6. The minimum absolute atomic E-state index is 0.836. The molecule has 0 atom stereocenters. The Labute approximate surface area is 96.4 Å². The number of hydrogen-bond acceptors (Lipinski definition) is 2. The molecule has 0 spiro atoms. The van der Waals surface area contributed by atoms with E-state index in [-0.39, 0.29) is 0 Å². The second-order valence-electron chi connectivity index (χ2n) is 5.00. The summed E-state index contributed by atoms with van der Waals surface area (Å²) >= 11 is 0. The van der Waals surface area contributed by atoms with Crippen molar-refractivity contribution in [1.29, 1.82) is 0 Å². The minimum atomic E-state index is 0.836. The lowest BCUT2D eigenvalue weighted by Crippen LogP contribution is -2.22. The van der Waals surface area contributed by atoms with Gasteiger partial charge < -0.3 is 10.2 Å². The van der Waals surface area contributed by atoms with Gasteiger partial charge in [-0.25, -0.2) is 0 Å². The Bertz CT molecular complexity index is 124. The first-order chi connectivity index (χ1) is 7.16. The topological polar surface area (TPSA) is 15.3 Å². The molecule has 0 heterocycles. The fourth-order valence-electron chi connectivity index (χ4n) is 1.63. The minimum Gasteiger partial charge on any atom is -0.320 e. The van der Waals surface area contributed by atoms with E-state index in [1.165, 1.54) is 51.7 Å². The summed E-state index contributed by atoms with van der Waals surface area (Å²) in [6, 6.07) is 0. The van der Waals surface area contributed by atoms with Crippen molar-refractivity contribution >= 4 is 0 Å². The van der Waals surface area contributed by atoms with Crippen LogP contribution in [0.15, 0.2) is 0 Å². The van der Waals surface area contributed by atoms with Crippen LogP contribution in [0, 0.1) is 5.92 Å². The molecule has 0 saturated carbocycles. The molecule has 0 aliphatic heterocycles. The smallest absolute Gasteiger partial charge is 0.00194 e. The summed E-state index contributed by atoms with van der Waals surface area (Å²) in [6.45, 7) is 8.29. The zero-order chi connectivity index (χ0) is 11.5. The highest BCUT2D eigenvalue weighted by Crippen LogP contribution is 2.03. The Morgan fingerprint density at radius 3 is 2.27 bits per heavy atom. The quantitative estimate of drug-likeness (QED) is 0.563. The van der Waals surface area contributed by atoms with Crippen LogP contribution in [-0.4, -0.2) is 38.6 Å². The number of nitrogens with one attached hydrogen (secondary N) is 1. The fraction of sp³-hybridized carbons (Fsp3) is 1.00. The monoisotopic (exact) mass is 214 g/mol. The number of nitrogens with zero attached hydrogens (tertiary/aromatic N) is 1. The lowest BCUT2D eigenvalue weighted by molar-refractivity contribution is 0.302. The molecule has 92 valence electrons. The highest BCUT2D eigenvalue weighted by molar-refractivity contribution is 4.55. The maximum Gasteiger partial charge on any atom is -0.00194 e. The van der Waals surface area contributed by atoms with Crippen molar-refractivity contribution in [3.8, 4) is 0 Å². The highest BCUT2D eigenvalue weighted by atomic mass is 15.1. The second-order valence-corrected chi connectivity index (χ2v) is 5.00. The summed E-state index contributed by atoms with van der Waals surface area (Å²) in [7, 11) is 4.27. The van der Waals surface area contributed by atoms with Gasteiger partial charge >= 0.3 is 0 Å². The molecule has 0 aliphatic carbocycles. The summed E-state index contributed by atoms with van der Waals surface area (Å²) in [5.41, 5.74) is 0. The zero-order valence-corrected chi connectivity index (χ0v) is 11.2. The van der Waals surface area contributed by atoms with Gasteiger partial charge in [-0.2, -0.15) is 0 Å². The van der Waals surface area contributed by atoms with Gasteiger partial charge in [0.2, 0.25) is 0 Å². The van der Waals surface area contributed by atoms with Gasteiger partial charge in [0.1, 0.15) is 0 Å². The molecule has 0 fully saturated rings.